The monoisotopic (exact) mass is 379 g/mol. The lowest BCUT2D eigenvalue weighted by Gasteiger charge is -2.09. The van der Waals surface area contributed by atoms with Crippen molar-refractivity contribution in [2.75, 3.05) is 5.32 Å². The van der Waals surface area contributed by atoms with Crippen molar-refractivity contribution in [3.63, 3.8) is 0 Å². The summed E-state index contributed by atoms with van der Waals surface area (Å²) in [6.07, 6.45) is 0. The standard InChI is InChI=1S/C15H14BrN3O4/c1-9-13(16)7-14(19(21)22)15(17-9)18-12-5-3-11(4-6-12)8-23-10(2)20/h3-7H,8H2,1-2H3,(H,17,18). The highest BCUT2D eigenvalue weighted by Gasteiger charge is 2.18. The van der Waals surface area contributed by atoms with Crippen LogP contribution in [0.3, 0.4) is 0 Å². The molecule has 0 bridgehead atoms. The molecule has 23 heavy (non-hydrogen) atoms. The number of carbonyl (C=O) groups excluding carboxylic acids is 1. The minimum Gasteiger partial charge on any atom is -0.461 e. The van der Waals surface area contributed by atoms with E-state index >= 15 is 0 Å². The van der Waals surface area contributed by atoms with E-state index in [0.717, 1.165) is 5.56 Å². The van der Waals surface area contributed by atoms with E-state index in [1.807, 2.05) is 0 Å². The van der Waals surface area contributed by atoms with E-state index in [2.05, 4.69) is 26.2 Å². The van der Waals surface area contributed by atoms with Gasteiger partial charge in [0.25, 0.3) is 0 Å². The first-order chi connectivity index (χ1) is 10.9. The Balaban J connectivity index is 2.20. The number of carbonyl (C=O) groups is 1. The quantitative estimate of drug-likeness (QED) is 0.481. The number of anilines is 2. The molecule has 2 aromatic rings. The number of halogens is 1. The van der Waals surface area contributed by atoms with Crippen molar-refractivity contribution < 1.29 is 14.5 Å². The first-order valence-electron chi connectivity index (χ1n) is 6.67. The molecule has 1 N–H and O–H groups in total. The summed E-state index contributed by atoms with van der Waals surface area (Å²) < 4.78 is 5.47. The summed E-state index contributed by atoms with van der Waals surface area (Å²) in [5.74, 6) is -0.180. The molecular formula is C15H14BrN3O4. The van der Waals surface area contributed by atoms with Gasteiger partial charge in [-0.05, 0) is 40.5 Å². The molecule has 0 fully saturated rings. The highest BCUT2D eigenvalue weighted by molar-refractivity contribution is 9.10. The molecule has 8 heteroatoms. The van der Waals surface area contributed by atoms with Crippen LogP contribution >= 0.6 is 15.9 Å². The maximum absolute atomic E-state index is 11.1. The van der Waals surface area contributed by atoms with Crippen LogP contribution < -0.4 is 5.32 Å². The van der Waals surface area contributed by atoms with Gasteiger partial charge in [-0.15, -0.1) is 0 Å². The maximum atomic E-state index is 11.1. The van der Waals surface area contributed by atoms with Crippen molar-refractivity contribution in [1.82, 2.24) is 4.98 Å². The fourth-order valence-electron chi connectivity index (χ4n) is 1.81. The lowest BCUT2D eigenvalue weighted by molar-refractivity contribution is -0.384. The largest absolute Gasteiger partial charge is 0.461 e. The second-order valence-electron chi connectivity index (χ2n) is 4.78. The zero-order valence-electron chi connectivity index (χ0n) is 12.5. The summed E-state index contributed by atoms with van der Waals surface area (Å²) in [6.45, 7) is 3.28. The average molecular weight is 380 g/mol. The number of pyridine rings is 1. The number of nitrogens with zero attached hydrogens (tertiary/aromatic N) is 2. The number of aryl methyl sites for hydroxylation is 1. The fourth-order valence-corrected chi connectivity index (χ4v) is 2.11. The molecule has 0 saturated heterocycles. The SMILES string of the molecule is CC(=O)OCc1ccc(Nc2nc(C)c(Br)cc2[N+](=O)[O-])cc1. The molecule has 1 aromatic heterocycles. The topological polar surface area (TPSA) is 94.4 Å². The third-order valence-corrected chi connectivity index (χ3v) is 3.79. The second-order valence-corrected chi connectivity index (χ2v) is 5.64. The van der Waals surface area contributed by atoms with Crippen LogP contribution in [0.15, 0.2) is 34.8 Å². The van der Waals surface area contributed by atoms with Crippen LogP contribution in [-0.4, -0.2) is 15.9 Å². The second kappa shape index (κ2) is 7.19. The minimum absolute atomic E-state index is 0.119. The summed E-state index contributed by atoms with van der Waals surface area (Å²) in [5.41, 5.74) is 1.99. The molecule has 2 rings (SSSR count). The molecule has 0 aliphatic rings. The van der Waals surface area contributed by atoms with Gasteiger partial charge in [0.1, 0.15) is 6.61 Å². The van der Waals surface area contributed by atoms with Crippen LogP contribution in [0.5, 0.6) is 0 Å². The number of hydrogen-bond donors (Lipinski definition) is 1. The van der Waals surface area contributed by atoms with E-state index in [0.29, 0.717) is 15.9 Å². The van der Waals surface area contributed by atoms with E-state index in [1.54, 1.807) is 31.2 Å². The predicted octanol–water partition coefficient (Wildman–Crippen LogP) is 3.87. The van der Waals surface area contributed by atoms with Gasteiger partial charge in [-0.3, -0.25) is 14.9 Å². The summed E-state index contributed by atoms with van der Waals surface area (Å²) in [6, 6.07) is 8.43. The van der Waals surface area contributed by atoms with Gasteiger partial charge in [0, 0.05) is 23.2 Å². The van der Waals surface area contributed by atoms with Crippen LogP contribution in [0.4, 0.5) is 17.2 Å². The Bertz CT molecular complexity index is 747. The number of aromatic nitrogens is 1. The van der Waals surface area contributed by atoms with E-state index < -0.39 is 4.92 Å². The van der Waals surface area contributed by atoms with E-state index in [-0.39, 0.29) is 24.1 Å². The lowest BCUT2D eigenvalue weighted by Crippen LogP contribution is -2.02. The molecule has 0 aliphatic heterocycles. The molecule has 0 spiro atoms. The van der Waals surface area contributed by atoms with Crippen LogP contribution in [0.2, 0.25) is 0 Å². The normalized spacial score (nSPS) is 10.2. The highest BCUT2D eigenvalue weighted by atomic mass is 79.9. The van der Waals surface area contributed by atoms with Crippen LogP contribution in [-0.2, 0) is 16.1 Å². The molecule has 120 valence electrons. The van der Waals surface area contributed by atoms with Gasteiger partial charge in [-0.25, -0.2) is 4.98 Å². The molecule has 0 unspecified atom stereocenters. The molecule has 0 saturated carbocycles. The molecule has 0 radical (unpaired) electrons. The van der Waals surface area contributed by atoms with Gasteiger partial charge in [0.05, 0.1) is 10.6 Å². The highest BCUT2D eigenvalue weighted by Crippen LogP contribution is 2.30. The summed E-state index contributed by atoms with van der Waals surface area (Å²) in [7, 11) is 0. The van der Waals surface area contributed by atoms with Gasteiger partial charge in [0.2, 0.25) is 5.82 Å². The van der Waals surface area contributed by atoms with E-state index in [4.69, 9.17) is 4.74 Å². The number of hydrogen-bond acceptors (Lipinski definition) is 6. The number of nitrogens with one attached hydrogen (secondary N) is 1. The predicted molar refractivity (Wildman–Crippen MR) is 88.5 cm³/mol. The lowest BCUT2D eigenvalue weighted by atomic mass is 10.2. The number of benzene rings is 1. The van der Waals surface area contributed by atoms with Crippen molar-refractivity contribution in [2.45, 2.75) is 20.5 Å². The van der Waals surface area contributed by atoms with Gasteiger partial charge in [-0.1, -0.05) is 12.1 Å². The van der Waals surface area contributed by atoms with Crippen LogP contribution in [0.25, 0.3) is 0 Å². The zero-order chi connectivity index (χ0) is 17.0. The Morgan fingerprint density at radius 3 is 2.61 bits per heavy atom. The van der Waals surface area contributed by atoms with Gasteiger partial charge in [-0.2, -0.15) is 0 Å². The zero-order valence-corrected chi connectivity index (χ0v) is 14.1. The van der Waals surface area contributed by atoms with E-state index in [1.165, 1.54) is 13.0 Å². The summed E-state index contributed by atoms with van der Waals surface area (Å²) in [4.78, 5) is 25.6. The first-order valence-corrected chi connectivity index (χ1v) is 7.47. The Kier molecular flexibility index (Phi) is 5.28. The Hall–Kier alpha value is -2.48. The summed E-state index contributed by atoms with van der Waals surface area (Å²) >= 11 is 3.24. The molecule has 0 aliphatic carbocycles. The van der Waals surface area contributed by atoms with Crippen LogP contribution in [0.1, 0.15) is 18.2 Å². The molecule has 1 heterocycles. The Labute approximate surface area is 141 Å². The smallest absolute Gasteiger partial charge is 0.312 e. The maximum Gasteiger partial charge on any atom is 0.312 e. The molecule has 0 amide bonds. The van der Waals surface area contributed by atoms with Crippen molar-refractivity contribution >= 4 is 39.1 Å². The van der Waals surface area contributed by atoms with Gasteiger partial charge >= 0.3 is 11.7 Å². The third-order valence-electron chi connectivity index (χ3n) is 2.99. The Morgan fingerprint density at radius 1 is 1.39 bits per heavy atom. The number of ether oxygens (including phenoxy) is 1. The molecule has 7 nitrogen and oxygen atoms in total. The van der Waals surface area contributed by atoms with Gasteiger partial charge < -0.3 is 10.1 Å². The first kappa shape index (κ1) is 16.9. The van der Waals surface area contributed by atoms with Crippen molar-refractivity contribution in [3.05, 3.63) is 56.2 Å². The molecule has 0 atom stereocenters. The van der Waals surface area contributed by atoms with Crippen molar-refractivity contribution in [3.8, 4) is 0 Å². The Morgan fingerprint density at radius 2 is 2.04 bits per heavy atom. The molecular weight excluding hydrogens is 366 g/mol. The minimum atomic E-state index is -0.491. The number of esters is 1. The van der Waals surface area contributed by atoms with Crippen LogP contribution in [0, 0.1) is 17.0 Å². The van der Waals surface area contributed by atoms with Crippen molar-refractivity contribution in [1.29, 1.82) is 0 Å². The third kappa shape index (κ3) is 4.49. The molecule has 1 aromatic carbocycles. The number of rotatable bonds is 5. The average Bonchev–Trinajstić information content (AvgIpc) is 2.49. The van der Waals surface area contributed by atoms with Gasteiger partial charge in [0.15, 0.2) is 0 Å². The van der Waals surface area contributed by atoms with E-state index in [9.17, 15) is 14.9 Å². The fraction of sp³-hybridized carbons (Fsp3) is 0.200. The number of nitro groups is 1. The van der Waals surface area contributed by atoms with Crippen molar-refractivity contribution in [2.24, 2.45) is 0 Å². The summed E-state index contributed by atoms with van der Waals surface area (Å²) in [5, 5.41) is 14.1.